The molecule has 0 saturated heterocycles. The van der Waals surface area contributed by atoms with E-state index < -0.39 is 0 Å². The predicted molar refractivity (Wildman–Crippen MR) is 114 cm³/mol. The lowest BCUT2D eigenvalue weighted by Crippen LogP contribution is -2.06. The fourth-order valence-corrected chi connectivity index (χ4v) is 4.26. The number of aromatic amines is 1. The minimum Gasteiger partial charge on any atom is -0.493 e. The van der Waals surface area contributed by atoms with Crippen molar-refractivity contribution in [2.75, 3.05) is 14.2 Å². The molecule has 0 amide bonds. The van der Waals surface area contributed by atoms with Crippen LogP contribution in [0, 0.1) is 6.92 Å². The fourth-order valence-electron chi connectivity index (χ4n) is 3.28. The van der Waals surface area contributed by atoms with Crippen molar-refractivity contribution < 1.29 is 9.47 Å². The smallest absolute Gasteiger partial charge is 0.248 e. The molecule has 28 heavy (non-hydrogen) atoms. The highest BCUT2D eigenvalue weighted by Gasteiger charge is 2.11. The molecule has 2 aromatic heterocycles. The number of fused-ring (bicyclic) bond motifs is 2. The lowest BCUT2D eigenvalue weighted by molar-refractivity contribution is 0.356. The van der Waals surface area contributed by atoms with Crippen molar-refractivity contribution in [3.05, 3.63) is 70.0 Å². The van der Waals surface area contributed by atoms with E-state index in [0.29, 0.717) is 17.3 Å². The first kappa shape index (κ1) is 18.4. The van der Waals surface area contributed by atoms with Crippen LogP contribution in [0.15, 0.2) is 58.4 Å². The molecule has 2 aromatic carbocycles. The van der Waals surface area contributed by atoms with Crippen LogP contribution in [0.3, 0.4) is 0 Å². The number of aryl methyl sites for hydroxylation is 1. The van der Waals surface area contributed by atoms with Gasteiger partial charge in [-0.15, -0.1) is 11.8 Å². The fraction of sp³-hybridized carbons (Fsp3) is 0.182. The van der Waals surface area contributed by atoms with Gasteiger partial charge in [0.15, 0.2) is 11.5 Å². The van der Waals surface area contributed by atoms with E-state index in [9.17, 15) is 4.79 Å². The van der Waals surface area contributed by atoms with Crippen LogP contribution in [-0.2, 0) is 5.75 Å². The number of methoxy groups -OCH3 is 2. The molecule has 4 rings (SSSR count). The van der Waals surface area contributed by atoms with Crippen LogP contribution in [-0.4, -0.2) is 24.2 Å². The van der Waals surface area contributed by atoms with Gasteiger partial charge in [0.25, 0.3) is 0 Å². The molecule has 6 heteroatoms. The second-order valence-electron chi connectivity index (χ2n) is 6.50. The monoisotopic (exact) mass is 392 g/mol. The summed E-state index contributed by atoms with van der Waals surface area (Å²) in [6.45, 7) is 2.04. The van der Waals surface area contributed by atoms with Gasteiger partial charge in [-0.25, -0.2) is 4.98 Å². The van der Waals surface area contributed by atoms with E-state index in [0.717, 1.165) is 38.0 Å². The molecule has 0 bridgehead atoms. The number of hydrogen-bond acceptors (Lipinski definition) is 5. The number of aromatic nitrogens is 2. The second kappa shape index (κ2) is 7.56. The summed E-state index contributed by atoms with van der Waals surface area (Å²) in [4.78, 5) is 19.7. The maximum absolute atomic E-state index is 12.0. The maximum atomic E-state index is 12.0. The summed E-state index contributed by atoms with van der Waals surface area (Å²) < 4.78 is 10.8. The number of pyridine rings is 2. The lowest BCUT2D eigenvalue weighted by Gasteiger charge is -2.12. The molecule has 0 aliphatic rings. The van der Waals surface area contributed by atoms with E-state index >= 15 is 0 Å². The number of nitrogens with one attached hydrogen (secondary N) is 1. The molecule has 0 saturated carbocycles. The molecule has 1 N–H and O–H groups in total. The molecule has 0 aliphatic heterocycles. The van der Waals surface area contributed by atoms with Crippen molar-refractivity contribution in [2.24, 2.45) is 0 Å². The first-order chi connectivity index (χ1) is 13.6. The number of benzene rings is 2. The number of rotatable bonds is 5. The minimum absolute atomic E-state index is 0.0886. The van der Waals surface area contributed by atoms with Gasteiger partial charge >= 0.3 is 0 Å². The van der Waals surface area contributed by atoms with E-state index in [1.165, 1.54) is 0 Å². The Morgan fingerprint density at radius 3 is 2.57 bits per heavy atom. The minimum atomic E-state index is -0.0886. The Balaban J connectivity index is 1.70. The second-order valence-corrected chi connectivity index (χ2v) is 7.47. The summed E-state index contributed by atoms with van der Waals surface area (Å²) in [5.41, 5.74) is 3.69. The third-order valence-corrected chi connectivity index (χ3v) is 5.81. The molecular formula is C22H20N2O3S. The van der Waals surface area contributed by atoms with E-state index in [2.05, 4.69) is 11.1 Å². The van der Waals surface area contributed by atoms with Gasteiger partial charge in [-0.2, -0.15) is 0 Å². The van der Waals surface area contributed by atoms with Gasteiger partial charge in [-0.1, -0.05) is 18.2 Å². The quantitative estimate of drug-likeness (QED) is 0.499. The average Bonchev–Trinajstić information content (AvgIpc) is 2.70. The van der Waals surface area contributed by atoms with Crippen LogP contribution in [0.5, 0.6) is 11.5 Å². The zero-order valence-electron chi connectivity index (χ0n) is 15.9. The van der Waals surface area contributed by atoms with Crippen LogP contribution in [0.2, 0.25) is 0 Å². The highest BCUT2D eigenvalue weighted by atomic mass is 32.2. The van der Waals surface area contributed by atoms with Crippen LogP contribution in [0.25, 0.3) is 21.8 Å². The number of H-pyrrole nitrogens is 1. The summed E-state index contributed by atoms with van der Waals surface area (Å²) in [6.07, 6.45) is 0. The van der Waals surface area contributed by atoms with Crippen molar-refractivity contribution in [3.63, 3.8) is 0 Å². The van der Waals surface area contributed by atoms with Crippen molar-refractivity contribution in [1.29, 1.82) is 0 Å². The topological polar surface area (TPSA) is 64.2 Å². The van der Waals surface area contributed by atoms with Crippen LogP contribution < -0.4 is 15.0 Å². The standard InChI is InChI=1S/C22H20N2O3S/c1-13-8-14-9-19(26-2)20(27-3)11-18(14)24-22(13)28-12-15-10-21(25)23-17-7-5-4-6-16(15)17/h4-11H,12H2,1-3H3,(H,23,25). The van der Waals surface area contributed by atoms with Crippen molar-refractivity contribution in [3.8, 4) is 11.5 Å². The Labute approximate surface area is 166 Å². The van der Waals surface area contributed by atoms with E-state index in [4.69, 9.17) is 14.5 Å². The van der Waals surface area contributed by atoms with Gasteiger partial charge in [0.1, 0.15) is 0 Å². The maximum Gasteiger partial charge on any atom is 0.248 e. The zero-order valence-corrected chi connectivity index (χ0v) is 16.7. The van der Waals surface area contributed by atoms with Crippen LogP contribution in [0.4, 0.5) is 0 Å². The molecule has 0 spiro atoms. The Kier molecular flexibility index (Phi) is 4.96. The highest BCUT2D eigenvalue weighted by molar-refractivity contribution is 7.98. The van der Waals surface area contributed by atoms with Crippen LogP contribution >= 0.6 is 11.8 Å². The molecule has 142 valence electrons. The summed E-state index contributed by atoms with van der Waals surface area (Å²) >= 11 is 1.63. The van der Waals surface area contributed by atoms with E-state index in [1.807, 2.05) is 43.3 Å². The van der Waals surface area contributed by atoms with Gasteiger partial charge in [-0.05, 0) is 36.2 Å². The van der Waals surface area contributed by atoms with E-state index in [1.54, 1.807) is 32.0 Å². The number of para-hydroxylation sites is 1. The first-order valence-electron chi connectivity index (χ1n) is 8.86. The van der Waals surface area contributed by atoms with E-state index in [-0.39, 0.29) is 5.56 Å². The molecule has 0 unspecified atom stereocenters. The molecule has 4 aromatic rings. The van der Waals surface area contributed by atoms with Crippen molar-refractivity contribution >= 4 is 33.6 Å². The first-order valence-corrected chi connectivity index (χ1v) is 9.84. The normalized spacial score (nSPS) is 11.1. The molecule has 2 heterocycles. The summed E-state index contributed by atoms with van der Waals surface area (Å²) in [7, 11) is 3.24. The average molecular weight is 392 g/mol. The largest absolute Gasteiger partial charge is 0.493 e. The molecular weight excluding hydrogens is 372 g/mol. The van der Waals surface area contributed by atoms with Gasteiger partial charge in [0.05, 0.1) is 24.8 Å². The van der Waals surface area contributed by atoms with Gasteiger partial charge in [0, 0.05) is 34.2 Å². The van der Waals surface area contributed by atoms with Gasteiger partial charge in [-0.3, -0.25) is 4.79 Å². The molecule has 0 atom stereocenters. The Hall–Kier alpha value is -2.99. The number of hydrogen-bond donors (Lipinski definition) is 1. The summed E-state index contributed by atoms with van der Waals surface area (Å²) in [6, 6.07) is 15.4. The SMILES string of the molecule is COc1cc2cc(C)c(SCc3cc(=O)[nH]c4ccccc34)nc2cc1OC. The molecule has 5 nitrogen and oxygen atoms in total. The predicted octanol–water partition coefficient (Wildman–Crippen LogP) is 4.69. The molecule has 0 aliphatic carbocycles. The Bertz CT molecular complexity index is 1230. The van der Waals surface area contributed by atoms with Crippen molar-refractivity contribution in [2.45, 2.75) is 17.7 Å². The Morgan fingerprint density at radius 2 is 1.79 bits per heavy atom. The highest BCUT2D eigenvalue weighted by Crippen LogP contribution is 2.34. The van der Waals surface area contributed by atoms with Crippen LogP contribution in [0.1, 0.15) is 11.1 Å². The number of nitrogens with zero attached hydrogens (tertiary/aromatic N) is 1. The third kappa shape index (κ3) is 3.43. The summed E-state index contributed by atoms with van der Waals surface area (Å²) in [5, 5.41) is 2.99. The lowest BCUT2D eigenvalue weighted by atomic mass is 10.1. The van der Waals surface area contributed by atoms with Gasteiger partial charge < -0.3 is 14.5 Å². The van der Waals surface area contributed by atoms with Crippen molar-refractivity contribution in [1.82, 2.24) is 9.97 Å². The zero-order chi connectivity index (χ0) is 19.7. The molecule has 0 radical (unpaired) electrons. The Morgan fingerprint density at radius 1 is 1.04 bits per heavy atom. The summed E-state index contributed by atoms with van der Waals surface area (Å²) in [5.74, 6) is 2.01. The molecule has 0 fully saturated rings. The number of thioether (sulfide) groups is 1. The van der Waals surface area contributed by atoms with Gasteiger partial charge in [0.2, 0.25) is 5.56 Å². The third-order valence-electron chi connectivity index (χ3n) is 4.66. The number of ether oxygens (including phenoxy) is 2.